The first-order valence-corrected chi connectivity index (χ1v) is 12.9. The van der Waals surface area contributed by atoms with Gasteiger partial charge in [0, 0.05) is 49.1 Å². The lowest BCUT2D eigenvalue weighted by atomic mass is 9.80. The van der Waals surface area contributed by atoms with E-state index in [2.05, 4.69) is 37.4 Å². The second kappa shape index (κ2) is 10.3. The molecule has 0 spiro atoms. The molecule has 0 saturated carbocycles. The number of amides is 2. The Bertz CT molecular complexity index is 1340. The molecule has 10 heteroatoms. The Balaban J connectivity index is 1.15. The average Bonchev–Trinajstić information content (AvgIpc) is 2.86. The van der Waals surface area contributed by atoms with Gasteiger partial charge in [0.1, 0.15) is 5.82 Å². The fourth-order valence-corrected chi connectivity index (χ4v) is 5.12. The minimum Gasteiger partial charge on any atom is -0.341 e. The summed E-state index contributed by atoms with van der Waals surface area (Å²) in [5, 5.41) is 6.34. The number of pyridine rings is 1. The number of anilines is 1. The Labute approximate surface area is 212 Å². The molecule has 5 rings (SSSR count). The van der Waals surface area contributed by atoms with Gasteiger partial charge in [-0.15, -0.1) is 0 Å². The molecule has 1 aromatic carbocycles. The van der Waals surface area contributed by atoms with Crippen LogP contribution in [0.25, 0.3) is 17.0 Å². The van der Waals surface area contributed by atoms with E-state index in [4.69, 9.17) is 0 Å². The number of piperidine rings is 1. The van der Waals surface area contributed by atoms with Crippen molar-refractivity contribution in [2.75, 3.05) is 30.3 Å². The molecule has 2 aromatic heterocycles. The highest BCUT2D eigenvalue weighted by Crippen LogP contribution is 2.31. The maximum absolute atomic E-state index is 13.4. The molecule has 8 nitrogen and oxygen atoms in total. The van der Waals surface area contributed by atoms with Crippen LogP contribution in [-0.4, -0.2) is 51.5 Å². The SMILES string of the molecule is CC1(CNCc2ccc3cc(F)ccc3n2)CCN(c2nccc(/C=C3\CSC(=O)NC3=O)n2)CC1. The quantitative estimate of drug-likeness (QED) is 0.485. The Morgan fingerprint density at radius 1 is 1.17 bits per heavy atom. The lowest BCUT2D eigenvalue weighted by Crippen LogP contribution is -2.44. The Morgan fingerprint density at radius 2 is 2.00 bits per heavy atom. The molecular weight excluding hydrogens is 479 g/mol. The number of hydrogen-bond acceptors (Lipinski definition) is 8. The fraction of sp³-hybridized carbons (Fsp3) is 0.346. The van der Waals surface area contributed by atoms with Gasteiger partial charge in [0.2, 0.25) is 5.95 Å². The number of carbonyl (C=O) groups is 2. The zero-order chi connectivity index (χ0) is 25.1. The summed E-state index contributed by atoms with van der Waals surface area (Å²) in [6.45, 7) is 5.48. The predicted molar refractivity (Wildman–Crippen MR) is 139 cm³/mol. The second-order valence-corrected chi connectivity index (χ2v) is 10.5. The number of fused-ring (bicyclic) bond motifs is 1. The first kappa shape index (κ1) is 24.3. The van der Waals surface area contributed by atoms with Crippen molar-refractivity contribution < 1.29 is 14.0 Å². The number of halogens is 1. The Kier molecular flexibility index (Phi) is 6.97. The number of hydrogen-bond donors (Lipinski definition) is 2. The summed E-state index contributed by atoms with van der Waals surface area (Å²) in [5.41, 5.74) is 3.05. The standard InChI is InChI=1S/C26H27FN6O2S/c1-26(16-28-14-21-4-2-17-12-19(27)3-5-22(17)30-21)7-10-33(11-8-26)24-29-9-6-20(31-24)13-18-15-36-25(35)32-23(18)34/h2-6,9,12-13,28H,7-8,10-11,14-16H2,1H3,(H,32,34,35)/b18-13+. The first-order valence-electron chi connectivity index (χ1n) is 11.9. The van der Waals surface area contributed by atoms with E-state index < -0.39 is 0 Å². The zero-order valence-corrected chi connectivity index (χ0v) is 20.8. The Hall–Kier alpha value is -3.37. The molecule has 4 heterocycles. The summed E-state index contributed by atoms with van der Waals surface area (Å²) in [7, 11) is 0. The number of carbonyl (C=O) groups excluding carboxylic acids is 2. The van der Waals surface area contributed by atoms with Crippen LogP contribution in [0.4, 0.5) is 15.1 Å². The molecule has 2 fully saturated rings. The van der Waals surface area contributed by atoms with E-state index in [1.165, 1.54) is 12.1 Å². The molecule has 0 radical (unpaired) electrons. The summed E-state index contributed by atoms with van der Waals surface area (Å²) >= 11 is 1.07. The maximum atomic E-state index is 13.4. The predicted octanol–water partition coefficient (Wildman–Crippen LogP) is 3.93. The van der Waals surface area contributed by atoms with Crippen LogP contribution >= 0.6 is 11.8 Å². The third-order valence-corrected chi connectivity index (χ3v) is 7.49. The number of nitrogens with zero attached hydrogens (tertiary/aromatic N) is 4. The topological polar surface area (TPSA) is 100 Å². The minimum atomic E-state index is -0.368. The monoisotopic (exact) mass is 506 g/mol. The van der Waals surface area contributed by atoms with Gasteiger partial charge in [-0.3, -0.25) is 19.9 Å². The van der Waals surface area contributed by atoms with Crippen LogP contribution in [0.2, 0.25) is 0 Å². The van der Waals surface area contributed by atoms with Gasteiger partial charge in [-0.1, -0.05) is 24.8 Å². The molecule has 0 aliphatic carbocycles. The number of imide groups is 1. The lowest BCUT2D eigenvalue weighted by molar-refractivity contribution is -0.116. The average molecular weight is 507 g/mol. The van der Waals surface area contributed by atoms with E-state index in [0.29, 0.717) is 29.5 Å². The van der Waals surface area contributed by atoms with Gasteiger partial charge in [0.25, 0.3) is 11.1 Å². The molecule has 36 heavy (non-hydrogen) atoms. The molecule has 0 atom stereocenters. The van der Waals surface area contributed by atoms with Crippen molar-refractivity contribution in [1.82, 2.24) is 25.6 Å². The third kappa shape index (κ3) is 5.71. The minimum absolute atomic E-state index is 0.139. The van der Waals surface area contributed by atoms with Crippen molar-refractivity contribution in [2.24, 2.45) is 5.41 Å². The summed E-state index contributed by atoms with van der Waals surface area (Å²) in [6, 6.07) is 10.3. The van der Waals surface area contributed by atoms with Crippen molar-refractivity contribution in [1.29, 1.82) is 0 Å². The highest BCUT2D eigenvalue weighted by molar-refractivity contribution is 8.13. The molecule has 2 amide bonds. The zero-order valence-electron chi connectivity index (χ0n) is 20.0. The van der Waals surface area contributed by atoms with Gasteiger partial charge in [0.05, 0.1) is 16.9 Å². The Morgan fingerprint density at radius 3 is 2.81 bits per heavy atom. The summed E-state index contributed by atoms with van der Waals surface area (Å²) < 4.78 is 13.4. The van der Waals surface area contributed by atoms with Crippen LogP contribution in [0, 0.1) is 11.2 Å². The molecule has 0 bridgehead atoms. The molecule has 2 saturated heterocycles. The van der Waals surface area contributed by atoms with E-state index in [-0.39, 0.29) is 22.4 Å². The van der Waals surface area contributed by atoms with Gasteiger partial charge in [-0.2, -0.15) is 0 Å². The first-order chi connectivity index (χ1) is 17.4. The van der Waals surface area contributed by atoms with E-state index >= 15 is 0 Å². The maximum Gasteiger partial charge on any atom is 0.286 e. The molecule has 186 valence electrons. The number of benzene rings is 1. The number of thioether (sulfide) groups is 1. The molecular formula is C26H27FN6O2S. The van der Waals surface area contributed by atoms with Gasteiger partial charge in [0.15, 0.2) is 0 Å². The third-order valence-electron chi connectivity index (χ3n) is 6.67. The van der Waals surface area contributed by atoms with Gasteiger partial charge in [-0.25, -0.2) is 14.4 Å². The van der Waals surface area contributed by atoms with Gasteiger partial charge in [-0.05, 0) is 54.7 Å². The highest BCUT2D eigenvalue weighted by atomic mass is 32.2. The van der Waals surface area contributed by atoms with Crippen LogP contribution in [0.5, 0.6) is 0 Å². The van der Waals surface area contributed by atoms with Crippen molar-refractivity contribution in [3.8, 4) is 0 Å². The molecule has 2 N–H and O–H groups in total. The number of nitrogens with one attached hydrogen (secondary N) is 2. The summed E-state index contributed by atoms with van der Waals surface area (Å²) in [6.07, 6.45) is 5.39. The van der Waals surface area contributed by atoms with Gasteiger partial charge >= 0.3 is 0 Å². The summed E-state index contributed by atoms with van der Waals surface area (Å²) in [4.78, 5) is 39.2. The van der Waals surface area contributed by atoms with E-state index in [1.807, 2.05) is 12.1 Å². The fourth-order valence-electron chi connectivity index (χ4n) is 4.45. The smallest absolute Gasteiger partial charge is 0.286 e. The van der Waals surface area contributed by atoms with Crippen LogP contribution in [0.15, 0.2) is 48.2 Å². The molecule has 0 unspecified atom stereocenters. The largest absolute Gasteiger partial charge is 0.341 e. The highest BCUT2D eigenvalue weighted by Gasteiger charge is 2.31. The second-order valence-electron chi connectivity index (χ2n) is 9.52. The lowest BCUT2D eigenvalue weighted by Gasteiger charge is -2.39. The van der Waals surface area contributed by atoms with Crippen molar-refractivity contribution in [3.05, 3.63) is 65.4 Å². The number of aromatic nitrogens is 3. The van der Waals surface area contributed by atoms with Crippen LogP contribution in [-0.2, 0) is 11.3 Å². The summed E-state index contributed by atoms with van der Waals surface area (Å²) in [5.74, 6) is 0.368. The van der Waals surface area contributed by atoms with E-state index in [1.54, 1.807) is 24.4 Å². The molecule has 2 aliphatic heterocycles. The van der Waals surface area contributed by atoms with Gasteiger partial charge < -0.3 is 10.2 Å². The van der Waals surface area contributed by atoms with E-state index in [0.717, 1.165) is 60.8 Å². The van der Waals surface area contributed by atoms with Crippen molar-refractivity contribution >= 4 is 45.8 Å². The molecule has 3 aromatic rings. The molecule has 2 aliphatic rings. The van der Waals surface area contributed by atoms with Crippen LogP contribution < -0.4 is 15.5 Å². The number of rotatable bonds is 6. The van der Waals surface area contributed by atoms with E-state index in [9.17, 15) is 14.0 Å². The normalized spacial score (nSPS) is 19.1. The van der Waals surface area contributed by atoms with Crippen molar-refractivity contribution in [2.45, 2.75) is 26.3 Å². The van der Waals surface area contributed by atoms with Crippen molar-refractivity contribution in [3.63, 3.8) is 0 Å². The van der Waals surface area contributed by atoms with Crippen LogP contribution in [0.3, 0.4) is 0 Å². The van der Waals surface area contributed by atoms with Crippen LogP contribution in [0.1, 0.15) is 31.2 Å².